The van der Waals surface area contributed by atoms with E-state index in [1.807, 2.05) is 6.92 Å². The maximum Gasteiger partial charge on any atom is 0.326 e. The number of nitrogens with zero attached hydrogens (tertiary/aromatic N) is 2. The smallest absolute Gasteiger partial charge is 0.326 e. The largest absolute Gasteiger partial charge is 0.480 e. The van der Waals surface area contributed by atoms with Crippen LogP contribution in [0.25, 0.3) is 0 Å². The summed E-state index contributed by atoms with van der Waals surface area (Å²) in [5.74, 6) is -1.12. The van der Waals surface area contributed by atoms with Crippen LogP contribution >= 0.6 is 0 Å². The van der Waals surface area contributed by atoms with Crippen molar-refractivity contribution in [2.75, 3.05) is 11.9 Å². The zero-order valence-electron chi connectivity index (χ0n) is 11.3. The number of pyridine rings is 1. The summed E-state index contributed by atoms with van der Waals surface area (Å²) in [5, 5.41) is 21.2. The minimum atomic E-state index is -1.12. The van der Waals surface area contributed by atoms with Crippen LogP contribution in [-0.2, 0) is 4.79 Å². The molecule has 1 aromatic rings. The highest BCUT2D eigenvalue weighted by molar-refractivity contribution is 5.93. The van der Waals surface area contributed by atoms with Crippen molar-refractivity contribution in [3.05, 3.63) is 23.5 Å². The molecule has 3 N–H and O–H groups in total. The number of carboxylic acids is 1. The number of anilines is 1. The van der Waals surface area contributed by atoms with Gasteiger partial charge in [0.2, 0.25) is 0 Å². The third-order valence-corrected chi connectivity index (χ3v) is 3.29. The summed E-state index contributed by atoms with van der Waals surface area (Å²) in [7, 11) is 0. The van der Waals surface area contributed by atoms with Gasteiger partial charge in [0.05, 0.1) is 17.5 Å². The normalized spacial score (nSPS) is 21.9. The van der Waals surface area contributed by atoms with Crippen LogP contribution in [-0.4, -0.2) is 50.8 Å². The third-order valence-electron chi connectivity index (χ3n) is 3.29. The first-order valence-corrected chi connectivity index (χ1v) is 6.31. The minimum absolute atomic E-state index is 0.0150. The fourth-order valence-electron chi connectivity index (χ4n) is 2.28. The van der Waals surface area contributed by atoms with E-state index in [1.54, 1.807) is 19.1 Å². The predicted molar refractivity (Wildman–Crippen MR) is 71.5 cm³/mol. The number of hydrogen-bond acceptors (Lipinski definition) is 4. The maximum atomic E-state index is 12.1. The van der Waals surface area contributed by atoms with Gasteiger partial charge in [-0.05, 0) is 26.0 Å². The van der Waals surface area contributed by atoms with E-state index >= 15 is 0 Å². The Morgan fingerprint density at radius 2 is 2.10 bits per heavy atom. The van der Waals surface area contributed by atoms with Crippen LogP contribution in [0.2, 0.25) is 0 Å². The van der Waals surface area contributed by atoms with Crippen LogP contribution in [0.1, 0.15) is 17.8 Å². The van der Waals surface area contributed by atoms with Crippen molar-refractivity contribution in [2.24, 2.45) is 0 Å². The van der Waals surface area contributed by atoms with E-state index in [2.05, 4.69) is 10.3 Å². The van der Waals surface area contributed by atoms with E-state index in [-0.39, 0.29) is 13.0 Å². The molecule has 1 saturated heterocycles. The molecule has 0 bridgehead atoms. The number of rotatable bonds is 2. The highest BCUT2D eigenvalue weighted by atomic mass is 16.4. The topological polar surface area (TPSA) is 103 Å². The summed E-state index contributed by atoms with van der Waals surface area (Å²) in [5.41, 5.74) is 2.02. The lowest BCUT2D eigenvalue weighted by Crippen LogP contribution is -2.43. The van der Waals surface area contributed by atoms with E-state index in [0.717, 1.165) is 10.6 Å². The van der Waals surface area contributed by atoms with Crippen LogP contribution in [0.4, 0.5) is 10.5 Å². The fraction of sp³-hybridized carbons (Fsp3) is 0.462. The van der Waals surface area contributed by atoms with Gasteiger partial charge >= 0.3 is 12.0 Å². The average Bonchev–Trinajstić information content (AvgIpc) is 2.75. The number of aromatic nitrogens is 1. The van der Waals surface area contributed by atoms with Crippen LogP contribution in [0.3, 0.4) is 0 Å². The molecule has 7 heteroatoms. The lowest BCUT2D eigenvalue weighted by atomic mass is 10.2. The second-order valence-electron chi connectivity index (χ2n) is 4.91. The molecule has 0 saturated carbocycles. The lowest BCUT2D eigenvalue weighted by molar-refractivity contribution is -0.141. The lowest BCUT2D eigenvalue weighted by Gasteiger charge is -2.22. The molecule has 1 aromatic heterocycles. The van der Waals surface area contributed by atoms with Crippen molar-refractivity contribution in [1.82, 2.24) is 9.88 Å². The van der Waals surface area contributed by atoms with Crippen molar-refractivity contribution in [2.45, 2.75) is 32.4 Å². The van der Waals surface area contributed by atoms with Gasteiger partial charge in [0.1, 0.15) is 6.04 Å². The summed E-state index contributed by atoms with van der Waals surface area (Å²) < 4.78 is 0. The highest BCUT2D eigenvalue weighted by Gasteiger charge is 2.39. The summed E-state index contributed by atoms with van der Waals surface area (Å²) in [6, 6.07) is 1.94. The summed E-state index contributed by atoms with van der Waals surface area (Å²) >= 11 is 0. The highest BCUT2D eigenvalue weighted by Crippen LogP contribution is 2.20. The Balaban J connectivity index is 2.13. The summed E-state index contributed by atoms with van der Waals surface area (Å²) in [6.07, 6.45) is -0.757. The number of aliphatic carboxylic acids is 1. The molecule has 7 nitrogen and oxygen atoms in total. The molecular weight excluding hydrogens is 262 g/mol. The zero-order valence-corrected chi connectivity index (χ0v) is 11.3. The van der Waals surface area contributed by atoms with Crippen LogP contribution in [0, 0.1) is 13.8 Å². The average molecular weight is 279 g/mol. The monoisotopic (exact) mass is 279 g/mol. The Hall–Kier alpha value is -2.15. The molecule has 1 aliphatic heterocycles. The number of β-amino-alcohol motifs (C(OH)–C–C–N with tert-alkyl or cyclic N) is 1. The maximum absolute atomic E-state index is 12.1. The number of carbonyl (C=O) groups excluding carboxylic acids is 1. The molecular formula is C13H17N3O4. The second-order valence-corrected chi connectivity index (χ2v) is 4.91. The van der Waals surface area contributed by atoms with Crippen LogP contribution in [0.15, 0.2) is 12.1 Å². The van der Waals surface area contributed by atoms with Gasteiger partial charge in [-0.25, -0.2) is 9.59 Å². The van der Waals surface area contributed by atoms with E-state index in [4.69, 9.17) is 5.11 Å². The van der Waals surface area contributed by atoms with Gasteiger partial charge in [0.25, 0.3) is 0 Å². The van der Waals surface area contributed by atoms with E-state index in [0.29, 0.717) is 11.4 Å². The first-order valence-electron chi connectivity index (χ1n) is 6.31. The van der Waals surface area contributed by atoms with Gasteiger partial charge in [-0.15, -0.1) is 0 Å². The first kappa shape index (κ1) is 14.3. The molecule has 0 spiro atoms. The number of urea groups is 1. The van der Waals surface area contributed by atoms with Crippen LogP contribution < -0.4 is 5.32 Å². The number of aryl methyl sites for hydroxylation is 2. The number of hydrogen-bond donors (Lipinski definition) is 3. The number of amides is 2. The van der Waals surface area contributed by atoms with E-state index in [1.165, 1.54) is 0 Å². The molecule has 2 atom stereocenters. The molecule has 2 rings (SSSR count). The molecule has 1 aliphatic rings. The zero-order chi connectivity index (χ0) is 14.9. The Morgan fingerprint density at radius 3 is 2.70 bits per heavy atom. The predicted octanol–water partition coefficient (Wildman–Crippen LogP) is 0.750. The molecule has 2 heterocycles. The van der Waals surface area contributed by atoms with E-state index in [9.17, 15) is 14.7 Å². The molecule has 2 amide bonds. The Bertz CT molecular complexity index is 546. The minimum Gasteiger partial charge on any atom is -0.480 e. The van der Waals surface area contributed by atoms with Crippen molar-refractivity contribution >= 4 is 17.7 Å². The number of nitrogens with one attached hydrogen (secondary N) is 1. The number of carboxylic acid groups (broad SMARTS) is 1. The Kier molecular flexibility index (Phi) is 3.89. The molecule has 108 valence electrons. The van der Waals surface area contributed by atoms with Gasteiger partial charge in [-0.2, -0.15) is 0 Å². The number of aliphatic hydroxyl groups is 1. The summed E-state index contributed by atoms with van der Waals surface area (Å²) in [4.78, 5) is 28.6. The second kappa shape index (κ2) is 5.46. The molecule has 0 aliphatic carbocycles. The molecule has 0 aromatic carbocycles. The van der Waals surface area contributed by atoms with Crippen LogP contribution in [0.5, 0.6) is 0 Å². The fourth-order valence-corrected chi connectivity index (χ4v) is 2.28. The van der Waals surface area contributed by atoms with Crippen molar-refractivity contribution in [3.63, 3.8) is 0 Å². The van der Waals surface area contributed by atoms with Gasteiger partial charge in [-0.1, -0.05) is 0 Å². The number of likely N-dealkylation sites (tertiary alicyclic amines) is 1. The molecule has 0 radical (unpaired) electrons. The van der Waals surface area contributed by atoms with Gasteiger partial charge in [0, 0.05) is 18.7 Å². The quantitative estimate of drug-likeness (QED) is 0.741. The third kappa shape index (κ3) is 2.88. The first-order chi connectivity index (χ1) is 9.38. The van der Waals surface area contributed by atoms with Crippen molar-refractivity contribution < 1.29 is 19.8 Å². The van der Waals surface area contributed by atoms with Gasteiger partial charge in [-0.3, -0.25) is 4.98 Å². The standard InChI is InChI=1S/C13H17N3O4/c1-7-3-4-10(8(2)14-7)15-13(20)16-6-9(17)5-11(16)12(18)19/h3-4,9,11,17H,5-6H2,1-2H3,(H,15,20)(H,18,19)/t9-,11-/m0/s1. The molecule has 20 heavy (non-hydrogen) atoms. The number of carbonyl (C=O) groups is 2. The Labute approximate surface area is 116 Å². The van der Waals surface area contributed by atoms with Crippen molar-refractivity contribution in [1.29, 1.82) is 0 Å². The Morgan fingerprint density at radius 1 is 1.40 bits per heavy atom. The molecule has 1 fully saturated rings. The van der Waals surface area contributed by atoms with Gasteiger partial charge in [0.15, 0.2) is 0 Å². The van der Waals surface area contributed by atoms with E-state index < -0.39 is 24.1 Å². The summed E-state index contributed by atoms with van der Waals surface area (Å²) in [6.45, 7) is 3.62. The van der Waals surface area contributed by atoms with Crippen molar-refractivity contribution in [3.8, 4) is 0 Å². The van der Waals surface area contributed by atoms with Gasteiger partial charge < -0.3 is 20.4 Å². The number of aliphatic hydroxyl groups excluding tert-OH is 1. The molecule has 0 unspecified atom stereocenters. The SMILES string of the molecule is Cc1ccc(NC(=O)N2C[C@@H](O)C[C@H]2C(=O)O)c(C)n1.